The summed E-state index contributed by atoms with van der Waals surface area (Å²) in [5.41, 5.74) is 0. The second kappa shape index (κ2) is 3.73. The molecule has 0 saturated carbocycles. The highest BCUT2D eigenvalue weighted by molar-refractivity contribution is 6.55. The Labute approximate surface area is 73.4 Å². The van der Waals surface area contributed by atoms with Crippen molar-refractivity contribution in [2.45, 2.75) is 9.71 Å². The Kier molecular flexibility index (Phi) is 4.00. The molecular weight excluding hydrogens is 204 g/mol. The molecule has 0 saturated heterocycles. The Morgan fingerprint density at radius 3 is 2.11 bits per heavy atom. The molecule has 0 aliphatic rings. The van der Waals surface area contributed by atoms with Gasteiger partial charge in [-0.15, -0.1) is 23.2 Å². The lowest BCUT2D eigenvalue weighted by Gasteiger charge is -2.13. The summed E-state index contributed by atoms with van der Waals surface area (Å²) in [6.45, 7) is 0. The molecule has 0 aromatic carbocycles. The average molecular weight is 207 g/mol. The van der Waals surface area contributed by atoms with Gasteiger partial charge in [0.1, 0.15) is 6.07 Å². The number of hydrogen-bond acceptors (Lipinski definition) is 1. The van der Waals surface area contributed by atoms with E-state index in [0.717, 1.165) is 0 Å². The van der Waals surface area contributed by atoms with Crippen LogP contribution < -0.4 is 0 Å². The highest BCUT2D eigenvalue weighted by Crippen LogP contribution is 2.28. The van der Waals surface area contributed by atoms with Gasteiger partial charge in [0.15, 0.2) is 0 Å². The molecule has 1 atom stereocenters. The molecule has 5 heteroatoms. The molecule has 1 unspecified atom stereocenters. The number of nitriles is 1. The van der Waals surface area contributed by atoms with E-state index in [0.29, 0.717) is 0 Å². The number of rotatable bonds is 2. The number of hydrogen-bond donors (Lipinski definition) is 0. The fourth-order valence-corrected chi connectivity index (χ4v) is 0.759. The molecular formula is C4H3Cl4N. The zero-order valence-corrected chi connectivity index (χ0v) is 7.27. The van der Waals surface area contributed by atoms with Gasteiger partial charge >= 0.3 is 0 Å². The summed E-state index contributed by atoms with van der Waals surface area (Å²) in [7, 11) is 0. The van der Waals surface area contributed by atoms with Crippen LogP contribution in [0.2, 0.25) is 0 Å². The molecule has 0 fully saturated rings. The van der Waals surface area contributed by atoms with Crippen molar-refractivity contribution in [2.75, 3.05) is 5.88 Å². The lowest BCUT2D eigenvalue weighted by molar-refractivity contribution is 0.924. The van der Waals surface area contributed by atoms with Crippen molar-refractivity contribution in [3.8, 4) is 6.07 Å². The first kappa shape index (κ1) is 9.65. The first-order valence-electron chi connectivity index (χ1n) is 2.03. The van der Waals surface area contributed by atoms with Crippen LogP contribution >= 0.6 is 46.4 Å². The van der Waals surface area contributed by atoms with Crippen molar-refractivity contribution in [3.05, 3.63) is 0 Å². The second-order valence-corrected chi connectivity index (χ2v) is 3.58. The van der Waals surface area contributed by atoms with E-state index in [4.69, 9.17) is 51.7 Å². The molecule has 0 spiro atoms. The molecule has 0 aliphatic carbocycles. The van der Waals surface area contributed by atoms with Crippen molar-refractivity contribution in [1.82, 2.24) is 0 Å². The monoisotopic (exact) mass is 205 g/mol. The number of halogens is 4. The molecule has 0 heterocycles. The van der Waals surface area contributed by atoms with Crippen LogP contribution in [0.3, 0.4) is 0 Å². The zero-order valence-electron chi connectivity index (χ0n) is 4.24. The molecule has 0 aliphatic heterocycles. The molecule has 0 rings (SSSR count). The van der Waals surface area contributed by atoms with Gasteiger partial charge < -0.3 is 0 Å². The van der Waals surface area contributed by atoms with Crippen LogP contribution in [-0.2, 0) is 0 Å². The van der Waals surface area contributed by atoms with E-state index in [-0.39, 0.29) is 5.88 Å². The van der Waals surface area contributed by atoms with Crippen LogP contribution in [0.1, 0.15) is 0 Å². The summed E-state index contributed by atoms with van der Waals surface area (Å²) in [6.07, 6.45) is 0. The Hall–Kier alpha value is 0.650. The van der Waals surface area contributed by atoms with E-state index in [1.807, 2.05) is 0 Å². The Morgan fingerprint density at radius 2 is 2.00 bits per heavy atom. The Balaban J connectivity index is 4.01. The van der Waals surface area contributed by atoms with E-state index in [1.54, 1.807) is 6.07 Å². The lowest BCUT2D eigenvalue weighted by atomic mass is 10.3. The molecule has 0 aromatic rings. The molecule has 0 amide bonds. The average Bonchev–Trinajstić information content (AvgIpc) is 1.86. The van der Waals surface area contributed by atoms with Gasteiger partial charge in [-0.1, -0.05) is 23.2 Å². The first-order chi connectivity index (χ1) is 4.04. The molecule has 1 nitrogen and oxygen atoms in total. The molecule has 9 heavy (non-hydrogen) atoms. The van der Waals surface area contributed by atoms with Gasteiger partial charge in [-0.2, -0.15) is 5.26 Å². The van der Waals surface area contributed by atoms with E-state index >= 15 is 0 Å². The topological polar surface area (TPSA) is 23.8 Å². The minimum atomic E-state index is -1.57. The third kappa shape index (κ3) is 2.82. The van der Waals surface area contributed by atoms with Crippen molar-refractivity contribution in [1.29, 1.82) is 5.26 Å². The fraction of sp³-hybridized carbons (Fsp3) is 0.750. The number of nitrogens with zero attached hydrogens (tertiary/aromatic N) is 1. The standard InChI is InChI=1S/C4H3Cl4N/c5-1-3(6)4(7,8)2-9/h3H,1H2. The first-order valence-corrected chi connectivity index (χ1v) is 3.76. The summed E-state index contributed by atoms with van der Waals surface area (Å²) in [4.78, 5) is 0. The van der Waals surface area contributed by atoms with E-state index in [2.05, 4.69) is 0 Å². The third-order valence-corrected chi connectivity index (χ3v) is 2.55. The van der Waals surface area contributed by atoms with Crippen LogP contribution in [0.4, 0.5) is 0 Å². The van der Waals surface area contributed by atoms with Gasteiger partial charge in [0.2, 0.25) is 4.33 Å². The lowest BCUT2D eigenvalue weighted by Crippen LogP contribution is -2.25. The van der Waals surface area contributed by atoms with Crippen LogP contribution in [-0.4, -0.2) is 15.6 Å². The molecule has 0 radical (unpaired) electrons. The fourth-order valence-electron chi connectivity index (χ4n) is 0.167. The van der Waals surface area contributed by atoms with Crippen LogP contribution in [0, 0.1) is 11.3 Å². The SMILES string of the molecule is N#CC(Cl)(Cl)C(Cl)CCl. The van der Waals surface area contributed by atoms with Gasteiger partial charge in [0.25, 0.3) is 0 Å². The molecule has 0 N–H and O–H groups in total. The molecule has 52 valence electrons. The highest BCUT2D eigenvalue weighted by Gasteiger charge is 2.32. The second-order valence-electron chi connectivity index (χ2n) is 1.36. The van der Waals surface area contributed by atoms with Crippen molar-refractivity contribution >= 4 is 46.4 Å². The quantitative estimate of drug-likeness (QED) is 0.638. The minimum absolute atomic E-state index is 0.0577. The summed E-state index contributed by atoms with van der Waals surface area (Å²) in [5.74, 6) is 0.0577. The van der Waals surface area contributed by atoms with Gasteiger partial charge in [-0.05, 0) is 0 Å². The normalized spacial score (nSPS) is 14.6. The van der Waals surface area contributed by atoms with Crippen molar-refractivity contribution in [3.63, 3.8) is 0 Å². The summed E-state index contributed by atoms with van der Waals surface area (Å²) in [6, 6.07) is 1.61. The number of alkyl halides is 4. The van der Waals surface area contributed by atoms with Gasteiger partial charge in [-0.25, -0.2) is 0 Å². The summed E-state index contributed by atoms with van der Waals surface area (Å²) >= 11 is 21.4. The zero-order chi connectivity index (χ0) is 7.49. The van der Waals surface area contributed by atoms with Crippen LogP contribution in [0.25, 0.3) is 0 Å². The maximum absolute atomic E-state index is 8.24. The Morgan fingerprint density at radius 1 is 1.56 bits per heavy atom. The predicted molar refractivity (Wildman–Crippen MR) is 40.4 cm³/mol. The largest absolute Gasteiger partial charge is 0.220 e. The van der Waals surface area contributed by atoms with E-state index in [9.17, 15) is 0 Å². The van der Waals surface area contributed by atoms with Gasteiger partial charge in [-0.3, -0.25) is 0 Å². The van der Waals surface area contributed by atoms with Crippen molar-refractivity contribution < 1.29 is 0 Å². The molecule has 0 aromatic heterocycles. The van der Waals surface area contributed by atoms with E-state index < -0.39 is 9.71 Å². The minimum Gasteiger partial charge on any atom is -0.195 e. The van der Waals surface area contributed by atoms with Crippen LogP contribution in [0.5, 0.6) is 0 Å². The maximum atomic E-state index is 8.24. The summed E-state index contributed by atoms with van der Waals surface area (Å²) < 4.78 is -1.57. The maximum Gasteiger partial charge on any atom is 0.220 e. The van der Waals surface area contributed by atoms with E-state index in [1.165, 1.54) is 0 Å². The predicted octanol–water partition coefficient (Wildman–Crippen LogP) is 2.53. The highest BCUT2D eigenvalue weighted by atomic mass is 35.5. The smallest absolute Gasteiger partial charge is 0.195 e. The van der Waals surface area contributed by atoms with Crippen molar-refractivity contribution in [2.24, 2.45) is 0 Å². The Bertz CT molecular complexity index is 127. The molecule has 0 bridgehead atoms. The third-order valence-electron chi connectivity index (χ3n) is 0.678. The van der Waals surface area contributed by atoms with Gasteiger partial charge in [0.05, 0.1) is 5.38 Å². The van der Waals surface area contributed by atoms with Crippen LogP contribution in [0.15, 0.2) is 0 Å². The summed E-state index contributed by atoms with van der Waals surface area (Å²) in [5, 5.41) is 7.51. The van der Waals surface area contributed by atoms with Gasteiger partial charge in [0, 0.05) is 5.88 Å².